The fourth-order valence-corrected chi connectivity index (χ4v) is 3.05. The van der Waals surface area contributed by atoms with E-state index in [0.717, 1.165) is 19.3 Å². The molecule has 0 spiro atoms. The molecule has 7 heteroatoms. The molecule has 0 heterocycles. The topological polar surface area (TPSA) is 52.6 Å². The van der Waals surface area contributed by atoms with E-state index in [4.69, 9.17) is 44.3 Å². The molecular formula is C19H17Cl3O4. The van der Waals surface area contributed by atoms with Gasteiger partial charge in [-0.05, 0) is 36.8 Å². The molecule has 0 saturated heterocycles. The number of carbonyl (C=O) groups excluding carboxylic acids is 2. The SMILES string of the molecule is CCCCCOC(=O)c1cccc(C(=O)Oc2c(Cl)cc(Cl)cc2Cl)c1. The summed E-state index contributed by atoms with van der Waals surface area (Å²) in [5.74, 6) is -1.18. The van der Waals surface area contributed by atoms with Crippen LogP contribution in [0.15, 0.2) is 36.4 Å². The first-order chi connectivity index (χ1) is 12.4. The molecule has 0 amide bonds. The maximum absolute atomic E-state index is 12.4. The molecule has 2 aromatic carbocycles. The maximum atomic E-state index is 12.4. The van der Waals surface area contributed by atoms with Gasteiger partial charge in [0, 0.05) is 5.02 Å². The molecule has 0 saturated carbocycles. The lowest BCUT2D eigenvalue weighted by Crippen LogP contribution is -2.12. The lowest BCUT2D eigenvalue weighted by molar-refractivity contribution is 0.0498. The third kappa shape index (κ3) is 5.63. The third-order valence-corrected chi connectivity index (χ3v) is 4.25. The van der Waals surface area contributed by atoms with E-state index in [-0.39, 0.29) is 26.9 Å². The van der Waals surface area contributed by atoms with Crippen molar-refractivity contribution in [3.63, 3.8) is 0 Å². The van der Waals surface area contributed by atoms with Crippen molar-refractivity contribution >= 4 is 46.7 Å². The predicted molar refractivity (Wildman–Crippen MR) is 103 cm³/mol. The van der Waals surface area contributed by atoms with Gasteiger partial charge in [-0.25, -0.2) is 9.59 Å². The summed E-state index contributed by atoms with van der Waals surface area (Å²) in [5, 5.41) is 0.553. The van der Waals surface area contributed by atoms with E-state index >= 15 is 0 Å². The molecular weight excluding hydrogens is 399 g/mol. The van der Waals surface area contributed by atoms with Gasteiger partial charge in [-0.3, -0.25) is 0 Å². The largest absolute Gasteiger partial charge is 0.462 e. The van der Waals surface area contributed by atoms with Gasteiger partial charge < -0.3 is 9.47 Å². The molecule has 0 N–H and O–H groups in total. The summed E-state index contributed by atoms with van der Waals surface area (Å²) in [6.45, 7) is 2.41. The van der Waals surface area contributed by atoms with Crippen molar-refractivity contribution in [3.8, 4) is 5.75 Å². The molecule has 0 aliphatic rings. The van der Waals surface area contributed by atoms with E-state index in [2.05, 4.69) is 6.92 Å². The second-order valence-corrected chi connectivity index (χ2v) is 6.76. The van der Waals surface area contributed by atoms with Crippen LogP contribution in [0.25, 0.3) is 0 Å². The average Bonchev–Trinajstić information content (AvgIpc) is 2.61. The van der Waals surface area contributed by atoms with Crippen LogP contribution >= 0.6 is 34.8 Å². The molecule has 0 aliphatic heterocycles. The standard InChI is InChI=1S/C19H17Cl3O4/c1-2-3-4-8-25-18(23)12-6-5-7-13(9-12)19(24)26-17-15(21)10-14(20)11-16(17)22/h5-7,9-11H,2-4,8H2,1H3. The summed E-state index contributed by atoms with van der Waals surface area (Å²) in [6, 6.07) is 8.91. The van der Waals surface area contributed by atoms with Crippen LogP contribution in [0.2, 0.25) is 15.1 Å². The van der Waals surface area contributed by atoms with Gasteiger partial charge in [0.25, 0.3) is 0 Å². The van der Waals surface area contributed by atoms with Gasteiger partial charge in [-0.1, -0.05) is 60.6 Å². The van der Waals surface area contributed by atoms with Crippen LogP contribution in [0.1, 0.15) is 46.9 Å². The zero-order valence-corrected chi connectivity index (χ0v) is 16.3. The Morgan fingerprint density at radius 3 is 2.15 bits per heavy atom. The highest BCUT2D eigenvalue weighted by molar-refractivity contribution is 6.40. The molecule has 0 fully saturated rings. The van der Waals surface area contributed by atoms with Crippen LogP contribution in [0.5, 0.6) is 5.75 Å². The summed E-state index contributed by atoms with van der Waals surface area (Å²) in [5.41, 5.74) is 0.444. The van der Waals surface area contributed by atoms with Gasteiger partial charge >= 0.3 is 11.9 Å². The van der Waals surface area contributed by atoms with Crippen LogP contribution in [0.4, 0.5) is 0 Å². The molecule has 0 aliphatic carbocycles. The molecule has 0 atom stereocenters. The van der Waals surface area contributed by atoms with Crippen LogP contribution < -0.4 is 4.74 Å². The number of benzene rings is 2. The highest BCUT2D eigenvalue weighted by Crippen LogP contribution is 2.36. The number of esters is 2. The second kappa shape index (κ2) is 9.81. The van der Waals surface area contributed by atoms with Gasteiger partial charge in [0.15, 0.2) is 5.75 Å². The van der Waals surface area contributed by atoms with Crippen LogP contribution in [0, 0.1) is 0 Å². The Labute approximate surface area is 167 Å². The zero-order valence-electron chi connectivity index (χ0n) is 14.1. The Balaban J connectivity index is 2.10. The molecule has 4 nitrogen and oxygen atoms in total. The van der Waals surface area contributed by atoms with Crippen molar-refractivity contribution in [3.05, 3.63) is 62.6 Å². The van der Waals surface area contributed by atoms with Crippen molar-refractivity contribution in [1.29, 1.82) is 0 Å². The van der Waals surface area contributed by atoms with Gasteiger partial charge in [0.2, 0.25) is 0 Å². The minimum absolute atomic E-state index is 0.00952. The Bertz CT molecular complexity index is 782. The van der Waals surface area contributed by atoms with Gasteiger partial charge in [-0.2, -0.15) is 0 Å². The predicted octanol–water partition coefficient (Wildman–Crippen LogP) is 6.21. The molecule has 2 rings (SSSR count). The van der Waals surface area contributed by atoms with E-state index in [0.29, 0.717) is 11.6 Å². The molecule has 26 heavy (non-hydrogen) atoms. The first-order valence-electron chi connectivity index (χ1n) is 8.06. The second-order valence-electron chi connectivity index (χ2n) is 5.51. The summed E-state index contributed by atoms with van der Waals surface area (Å²) in [4.78, 5) is 24.4. The molecule has 2 aromatic rings. The molecule has 0 unspecified atom stereocenters. The number of hydrogen-bond acceptors (Lipinski definition) is 4. The van der Waals surface area contributed by atoms with Gasteiger partial charge in [0.1, 0.15) is 0 Å². The third-order valence-electron chi connectivity index (χ3n) is 3.47. The maximum Gasteiger partial charge on any atom is 0.343 e. The Hall–Kier alpha value is -1.75. The van der Waals surface area contributed by atoms with Crippen molar-refractivity contribution < 1.29 is 19.1 Å². The van der Waals surface area contributed by atoms with Crippen molar-refractivity contribution in [2.24, 2.45) is 0 Å². The van der Waals surface area contributed by atoms with Crippen molar-refractivity contribution in [2.75, 3.05) is 6.61 Å². The number of ether oxygens (including phenoxy) is 2. The minimum atomic E-state index is -0.697. The number of unbranched alkanes of at least 4 members (excludes halogenated alkanes) is 2. The molecule has 0 aromatic heterocycles. The number of hydrogen-bond donors (Lipinski definition) is 0. The first-order valence-corrected chi connectivity index (χ1v) is 9.19. The normalized spacial score (nSPS) is 10.5. The van der Waals surface area contributed by atoms with Crippen LogP contribution in [-0.4, -0.2) is 18.5 Å². The lowest BCUT2D eigenvalue weighted by atomic mass is 10.1. The zero-order chi connectivity index (χ0) is 19.1. The number of halogens is 3. The van der Waals surface area contributed by atoms with E-state index < -0.39 is 11.9 Å². The first kappa shape index (κ1) is 20.6. The van der Waals surface area contributed by atoms with E-state index in [1.807, 2.05) is 0 Å². The highest BCUT2D eigenvalue weighted by Gasteiger charge is 2.17. The monoisotopic (exact) mass is 414 g/mol. The fraction of sp³-hybridized carbons (Fsp3) is 0.263. The van der Waals surface area contributed by atoms with E-state index in [1.165, 1.54) is 24.3 Å². The molecule has 0 radical (unpaired) electrons. The minimum Gasteiger partial charge on any atom is -0.462 e. The quantitative estimate of drug-likeness (QED) is 0.306. The van der Waals surface area contributed by atoms with Crippen molar-refractivity contribution in [2.45, 2.75) is 26.2 Å². The van der Waals surface area contributed by atoms with Gasteiger partial charge in [0.05, 0.1) is 27.8 Å². The summed E-state index contributed by atoms with van der Waals surface area (Å²) >= 11 is 17.9. The van der Waals surface area contributed by atoms with Crippen LogP contribution in [0.3, 0.4) is 0 Å². The number of carbonyl (C=O) groups is 2. The lowest BCUT2D eigenvalue weighted by Gasteiger charge is -2.09. The highest BCUT2D eigenvalue weighted by atomic mass is 35.5. The number of rotatable bonds is 7. The van der Waals surface area contributed by atoms with Crippen LogP contribution in [-0.2, 0) is 4.74 Å². The summed E-state index contributed by atoms with van der Waals surface area (Å²) < 4.78 is 10.4. The smallest absolute Gasteiger partial charge is 0.343 e. The molecule has 138 valence electrons. The Morgan fingerprint density at radius 1 is 0.923 bits per heavy atom. The van der Waals surface area contributed by atoms with Crippen molar-refractivity contribution in [1.82, 2.24) is 0 Å². The Kier molecular flexibility index (Phi) is 7.76. The average molecular weight is 416 g/mol. The fourth-order valence-electron chi connectivity index (χ4n) is 2.15. The van der Waals surface area contributed by atoms with E-state index in [1.54, 1.807) is 12.1 Å². The van der Waals surface area contributed by atoms with E-state index in [9.17, 15) is 9.59 Å². The van der Waals surface area contributed by atoms with Gasteiger partial charge in [-0.15, -0.1) is 0 Å². The summed E-state index contributed by atoms with van der Waals surface area (Å²) in [7, 11) is 0. The molecule has 0 bridgehead atoms. The Morgan fingerprint density at radius 2 is 1.54 bits per heavy atom. The summed E-state index contributed by atoms with van der Waals surface area (Å²) in [6.07, 6.45) is 2.83.